The van der Waals surface area contributed by atoms with Crippen LogP contribution in [0.4, 0.5) is 0 Å². The molecule has 0 amide bonds. The maximum Gasteiger partial charge on any atom is 0.0548 e. The lowest BCUT2D eigenvalue weighted by Gasteiger charge is -2.11. The van der Waals surface area contributed by atoms with Crippen LogP contribution in [0.1, 0.15) is 0 Å². The van der Waals surface area contributed by atoms with E-state index in [1.54, 1.807) is 0 Å². The van der Waals surface area contributed by atoms with Crippen LogP contribution in [0.3, 0.4) is 0 Å². The summed E-state index contributed by atoms with van der Waals surface area (Å²) in [5.74, 6) is 0. The first kappa shape index (κ1) is 24.4. The molecule has 3 nitrogen and oxygen atoms in total. The van der Waals surface area contributed by atoms with E-state index in [-0.39, 0.29) is 0 Å². The number of H-pyrrole nitrogens is 1. The summed E-state index contributed by atoms with van der Waals surface area (Å²) in [5.41, 5.74) is 10.7. The van der Waals surface area contributed by atoms with Crippen LogP contribution in [0.5, 0.6) is 0 Å². The molecule has 0 aliphatic rings. The van der Waals surface area contributed by atoms with Crippen LogP contribution in [-0.2, 0) is 0 Å². The Morgan fingerprint density at radius 2 is 1.11 bits per heavy atom. The number of rotatable bonds is 3. The summed E-state index contributed by atoms with van der Waals surface area (Å²) >= 11 is 0. The van der Waals surface area contributed by atoms with Gasteiger partial charge in [0.05, 0.1) is 16.6 Å². The first-order valence-corrected chi connectivity index (χ1v) is 15.4. The summed E-state index contributed by atoms with van der Waals surface area (Å²) in [6.07, 6.45) is 2.22. The third-order valence-corrected chi connectivity index (χ3v) is 9.47. The van der Waals surface area contributed by atoms with Crippen molar-refractivity contribution in [3.8, 4) is 22.5 Å². The molecule has 3 heterocycles. The number of hydrogen-bond donors (Lipinski definition) is 1. The van der Waals surface area contributed by atoms with E-state index in [4.69, 9.17) is 0 Å². The number of benzene rings is 7. The van der Waals surface area contributed by atoms with Gasteiger partial charge in [0.2, 0.25) is 0 Å². The van der Waals surface area contributed by atoms with Crippen molar-refractivity contribution in [1.82, 2.24) is 14.1 Å². The molecule has 0 radical (unpaired) electrons. The average Bonchev–Trinajstić information content (AvgIpc) is 3.80. The zero-order chi connectivity index (χ0) is 29.5. The quantitative estimate of drug-likeness (QED) is 0.218. The number of nitrogens with zero attached hydrogens (tertiary/aromatic N) is 2. The molecule has 0 unspecified atom stereocenters. The molecule has 0 spiro atoms. The lowest BCUT2D eigenvalue weighted by Crippen LogP contribution is -1.95. The molecule has 210 valence electrons. The number of fused-ring (bicyclic) bond motifs is 10. The van der Waals surface area contributed by atoms with Gasteiger partial charge >= 0.3 is 0 Å². The van der Waals surface area contributed by atoms with Gasteiger partial charge in [-0.2, -0.15) is 0 Å². The number of hydrogen-bond acceptors (Lipinski definition) is 0. The van der Waals surface area contributed by atoms with Gasteiger partial charge in [-0.3, -0.25) is 0 Å². The van der Waals surface area contributed by atoms with E-state index < -0.39 is 0 Å². The van der Waals surface area contributed by atoms with Crippen molar-refractivity contribution in [2.45, 2.75) is 0 Å². The van der Waals surface area contributed by atoms with Crippen LogP contribution in [0.25, 0.3) is 87.8 Å². The zero-order valence-corrected chi connectivity index (χ0v) is 24.4. The summed E-state index contributed by atoms with van der Waals surface area (Å²) in [5, 5.41) is 8.87. The first-order chi connectivity index (χ1) is 22.3. The van der Waals surface area contributed by atoms with Gasteiger partial charge in [-0.05, 0) is 76.5 Å². The Kier molecular flexibility index (Phi) is 5.00. The zero-order valence-electron chi connectivity index (χ0n) is 24.4. The highest BCUT2D eigenvalue weighted by atomic mass is 15.0. The highest BCUT2D eigenvalue weighted by Crippen LogP contribution is 2.42. The predicted molar refractivity (Wildman–Crippen MR) is 190 cm³/mol. The van der Waals surface area contributed by atoms with Gasteiger partial charge < -0.3 is 14.1 Å². The summed E-state index contributed by atoms with van der Waals surface area (Å²) in [6.45, 7) is 0. The summed E-state index contributed by atoms with van der Waals surface area (Å²) in [6, 6.07) is 55.0. The Bertz CT molecular complexity index is 2760. The van der Waals surface area contributed by atoms with Crippen molar-refractivity contribution < 1.29 is 0 Å². The maximum absolute atomic E-state index is 3.62. The molecule has 0 atom stereocenters. The minimum atomic E-state index is 1.15. The molecule has 1 N–H and O–H groups in total. The van der Waals surface area contributed by atoms with Crippen LogP contribution in [0.15, 0.2) is 158 Å². The van der Waals surface area contributed by atoms with Crippen LogP contribution in [-0.4, -0.2) is 14.1 Å². The summed E-state index contributed by atoms with van der Waals surface area (Å²) in [7, 11) is 0. The minimum Gasteiger partial charge on any atom is -0.354 e. The number of nitrogens with one attached hydrogen (secondary N) is 1. The van der Waals surface area contributed by atoms with Gasteiger partial charge in [0.1, 0.15) is 0 Å². The van der Waals surface area contributed by atoms with Gasteiger partial charge in [-0.1, -0.05) is 97.1 Å². The molecule has 0 aliphatic heterocycles. The van der Waals surface area contributed by atoms with Gasteiger partial charge in [-0.15, -0.1) is 0 Å². The Morgan fingerprint density at radius 1 is 0.400 bits per heavy atom. The van der Waals surface area contributed by atoms with Crippen molar-refractivity contribution in [3.05, 3.63) is 158 Å². The van der Waals surface area contributed by atoms with Gasteiger partial charge in [-0.25, -0.2) is 0 Å². The molecule has 0 bridgehead atoms. The molecule has 45 heavy (non-hydrogen) atoms. The van der Waals surface area contributed by atoms with Crippen molar-refractivity contribution in [2.75, 3.05) is 0 Å². The van der Waals surface area contributed by atoms with Crippen molar-refractivity contribution in [2.24, 2.45) is 0 Å². The second-order valence-corrected chi connectivity index (χ2v) is 11.9. The minimum absolute atomic E-state index is 1.15. The average molecular weight is 574 g/mol. The molecular weight excluding hydrogens is 546 g/mol. The molecule has 7 aromatic carbocycles. The summed E-state index contributed by atoms with van der Waals surface area (Å²) < 4.78 is 4.76. The second-order valence-electron chi connectivity index (χ2n) is 11.9. The normalized spacial score (nSPS) is 12.0. The highest BCUT2D eigenvalue weighted by molar-refractivity contribution is 6.28. The van der Waals surface area contributed by atoms with Crippen molar-refractivity contribution in [3.63, 3.8) is 0 Å². The third kappa shape index (κ3) is 3.52. The van der Waals surface area contributed by atoms with E-state index in [1.807, 2.05) is 0 Å². The summed E-state index contributed by atoms with van der Waals surface area (Å²) in [4.78, 5) is 3.62. The Hall–Kier alpha value is -6.06. The lowest BCUT2D eigenvalue weighted by atomic mass is 10.0. The van der Waals surface area contributed by atoms with Gasteiger partial charge in [0.15, 0.2) is 0 Å². The highest BCUT2D eigenvalue weighted by Gasteiger charge is 2.19. The number of para-hydroxylation sites is 1. The first-order valence-electron chi connectivity index (χ1n) is 15.4. The van der Waals surface area contributed by atoms with Crippen LogP contribution >= 0.6 is 0 Å². The molecule has 3 aromatic heterocycles. The van der Waals surface area contributed by atoms with E-state index in [2.05, 4.69) is 172 Å². The van der Waals surface area contributed by atoms with E-state index in [1.165, 1.54) is 70.9 Å². The molecular formula is C42H27N3. The Balaban J connectivity index is 1.26. The molecule has 0 saturated heterocycles. The monoisotopic (exact) mass is 573 g/mol. The molecule has 10 aromatic rings. The topological polar surface area (TPSA) is 25.6 Å². The molecule has 0 saturated carbocycles. The van der Waals surface area contributed by atoms with Crippen molar-refractivity contribution >= 4 is 65.3 Å². The van der Waals surface area contributed by atoms with Gasteiger partial charge in [0, 0.05) is 55.5 Å². The number of aromatic amines is 1. The van der Waals surface area contributed by atoms with E-state index >= 15 is 0 Å². The maximum atomic E-state index is 3.62. The van der Waals surface area contributed by atoms with Gasteiger partial charge in [0.25, 0.3) is 0 Å². The third-order valence-electron chi connectivity index (χ3n) is 9.47. The fourth-order valence-corrected chi connectivity index (χ4v) is 7.44. The molecule has 0 fully saturated rings. The molecule has 10 rings (SSSR count). The van der Waals surface area contributed by atoms with E-state index in [0.717, 1.165) is 16.9 Å². The fraction of sp³-hybridized carbons (Fsp3) is 0. The SMILES string of the molecule is c1ccc(-c2cccc(-n3c4ccc5ccccc5c4c4c5ccn(-c6ccc7c(c6)[nH]c6ccccc67)c5ccc43)c2)cc1. The Morgan fingerprint density at radius 3 is 2.02 bits per heavy atom. The molecule has 0 aliphatic carbocycles. The smallest absolute Gasteiger partial charge is 0.0548 e. The van der Waals surface area contributed by atoms with Crippen LogP contribution in [0.2, 0.25) is 0 Å². The predicted octanol–water partition coefficient (Wildman–Crippen LogP) is 11.2. The van der Waals surface area contributed by atoms with Crippen LogP contribution in [0, 0.1) is 0 Å². The van der Waals surface area contributed by atoms with Crippen molar-refractivity contribution in [1.29, 1.82) is 0 Å². The molecule has 3 heteroatoms. The standard InChI is InChI=1S/C42H27N3/c1-2-9-27(10-3-1)29-12-8-13-31(25-29)45-39-20-17-28-11-4-5-14-32(28)41(39)42-35-23-24-44(38(35)21-22-40(42)45)30-18-19-34-33-15-6-7-16-36(33)43-37(34)26-30/h1-26,43H. The number of aromatic nitrogens is 3. The fourth-order valence-electron chi connectivity index (χ4n) is 7.44. The largest absolute Gasteiger partial charge is 0.354 e. The van der Waals surface area contributed by atoms with E-state index in [0.29, 0.717) is 0 Å². The second kappa shape index (κ2) is 9.22. The van der Waals surface area contributed by atoms with Crippen LogP contribution < -0.4 is 0 Å². The van der Waals surface area contributed by atoms with E-state index in [9.17, 15) is 0 Å². The lowest BCUT2D eigenvalue weighted by molar-refractivity contribution is 1.13. The Labute approximate surface area is 259 Å².